The van der Waals surface area contributed by atoms with E-state index in [1.165, 1.54) is 0 Å². The smallest absolute Gasteiger partial charge is 0.315 e. The van der Waals surface area contributed by atoms with E-state index in [0.717, 1.165) is 24.8 Å². The predicted molar refractivity (Wildman–Crippen MR) is 168 cm³/mol. The van der Waals surface area contributed by atoms with E-state index in [1.807, 2.05) is 13.8 Å². The average molecular weight is 651 g/mol. The first-order valence-corrected chi connectivity index (χ1v) is 17.5. The van der Waals surface area contributed by atoms with Crippen LogP contribution in [0.1, 0.15) is 99.8 Å². The number of aliphatic hydroxyl groups is 7. The molecule has 4 saturated carbocycles. The summed E-state index contributed by atoms with van der Waals surface area (Å²) >= 11 is 0. The SMILES string of the molecule is CC1(C)CC[C@]2(C(=O)O[C@@H]3O[C@H](CO)[C@@H](O)[C@H](O)[C@H]3O)CC[C@]3(C)C(=CC[C@H]4[C@@]5(C)C[C@@H](O)[C@H](O)C(C)(C)[C@@H]5CC[C@]43C)[C@@H]2[C@@H]1O. The number of carbonyl (C=O) groups excluding carboxylic acids is 1. The maximum absolute atomic E-state index is 14.4. The van der Waals surface area contributed by atoms with Crippen molar-refractivity contribution in [3.8, 4) is 0 Å². The van der Waals surface area contributed by atoms with Crippen LogP contribution >= 0.6 is 0 Å². The van der Waals surface area contributed by atoms with Gasteiger partial charge in [-0.1, -0.05) is 60.1 Å². The van der Waals surface area contributed by atoms with E-state index < -0.39 is 83.8 Å². The Hall–Kier alpha value is -1.11. The van der Waals surface area contributed by atoms with Gasteiger partial charge < -0.3 is 45.2 Å². The summed E-state index contributed by atoms with van der Waals surface area (Å²) in [6.07, 6.45) is -2.48. The van der Waals surface area contributed by atoms with Gasteiger partial charge in [-0.05, 0) is 90.3 Å². The summed E-state index contributed by atoms with van der Waals surface area (Å²) in [4.78, 5) is 14.4. The zero-order valence-electron chi connectivity index (χ0n) is 28.6. The van der Waals surface area contributed by atoms with Crippen molar-refractivity contribution in [1.29, 1.82) is 0 Å². The van der Waals surface area contributed by atoms with Gasteiger partial charge in [0.15, 0.2) is 0 Å². The molecule has 0 amide bonds. The second kappa shape index (κ2) is 10.9. The minimum Gasteiger partial charge on any atom is -0.432 e. The second-order valence-corrected chi connectivity index (χ2v) is 18.0. The lowest BCUT2D eigenvalue weighted by atomic mass is 9.33. The number of carbonyl (C=O) groups is 1. The Kier molecular flexibility index (Phi) is 8.27. The molecular formula is C36H58O10. The minimum atomic E-state index is -1.70. The molecule has 5 aliphatic carbocycles. The molecule has 1 aliphatic heterocycles. The fraction of sp³-hybridized carbons (Fsp3) is 0.917. The fourth-order valence-corrected chi connectivity index (χ4v) is 12.1. The van der Waals surface area contributed by atoms with Crippen molar-refractivity contribution in [2.45, 2.75) is 149 Å². The molecule has 0 bridgehead atoms. The normalized spacial score (nSPS) is 54.3. The van der Waals surface area contributed by atoms with E-state index >= 15 is 0 Å². The van der Waals surface area contributed by atoms with Crippen LogP contribution in [-0.2, 0) is 14.3 Å². The number of ether oxygens (including phenoxy) is 2. The van der Waals surface area contributed by atoms with Gasteiger partial charge in [0.1, 0.15) is 24.4 Å². The van der Waals surface area contributed by atoms with Gasteiger partial charge in [-0.3, -0.25) is 4.79 Å². The van der Waals surface area contributed by atoms with Crippen molar-refractivity contribution in [1.82, 2.24) is 0 Å². The maximum Gasteiger partial charge on any atom is 0.315 e. The molecule has 262 valence electrons. The topological polar surface area (TPSA) is 177 Å². The molecule has 46 heavy (non-hydrogen) atoms. The van der Waals surface area contributed by atoms with Crippen molar-refractivity contribution in [2.75, 3.05) is 6.61 Å². The molecule has 0 aromatic heterocycles. The molecule has 1 saturated heterocycles. The summed E-state index contributed by atoms with van der Waals surface area (Å²) in [6.45, 7) is 14.6. The van der Waals surface area contributed by atoms with Crippen LogP contribution in [-0.4, -0.2) is 97.3 Å². The summed E-state index contributed by atoms with van der Waals surface area (Å²) in [6, 6.07) is 0. The number of esters is 1. The number of hydrogen-bond acceptors (Lipinski definition) is 10. The van der Waals surface area contributed by atoms with E-state index in [-0.39, 0.29) is 28.1 Å². The van der Waals surface area contributed by atoms with Crippen LogP contribution in [0.4, 0.5) is 0 Å². The molecule has 0 radical (unpaired) electrons. The van der Waals surface area contributed by atoms with Gasteiger partial charge in [-0.2, -0.15) is 0 Å². The Balaban J connectivity index is 1.39. The highest BCUT2D eigenvalue weighted by Gasteiger charge is 2.71. The van der Waals surface area contributed by atoms with E-state index in [0.29, 0.717) is 32.1 Å². The third kappa shape index (κ3) is 4.46. The molecule has 6 aliphatic rings. The van der Waals surface area contributed by atoms with Crippen LogP contribution in [0.5, 0.6) is 0 Å². The third-order valence-corrected chi connectivity index (χ3v) is 15.3. The molecule has 10 heteroatoms. The molecule has 15 atom stereocenters. The number of rotatable bonds is 3. The number of allylic oxidation sites excluding steroid dienone is 1. The van der Waals surface area contributed by atoms with Gasteiger partial charge in [0, 0.05) is 5.92 Å². The van der Waals surface area contributed by atoms with Crippen LogP contribution in [0, 0.1) is 50.2 Å². The van der Waals surface area contributed by atoms with Gasteiger partial charge in [-0.15, -0.1) is 0 Å². The van der Waals surface area contributed by atoms with Gasteiger partial charge in [-0.25, -0.2) is 0 Å². The first-order chi connectivity index (χ1) is 21.2. The Morgan fingerprint density at radius 2 is 1.50 bits per heavy atom. The highest BCUT2D eigenvalue weighted by molar-refractivity contribution is 5.79. The van der Waals surface area contributed by atoms with Crippen molar-refractivity contribution in [3.63, 3.8) is 0 Å². The minimum absolute atomic E-state index is 0.185. The Morgan fingerprint density at radius 3 is 2.15 bits per heavy atom. The standard InChI is InChI=1S/C36H58O10/c1-31(2)12-14-36(30(44)46-29-26(41)25(40)24(39)20(17-37)45-29)15-13-34(6)18(23(36)28(31)43)8-9-22-33(5)16-19(38)27(42)32(3,4)21(33)10-11-35(22,34)7/h8,19-29,37-43H,9-17H2,1-7H3/t19-,20-,21+,22+,23-,24-,25+,26-,27+,28+,29+,33+,34-,35-,36+/m1/s1. The Labute approximate surface area is 273 Å². The van der Waals surface area contributed by atoms with Crippen LogP contribution in [0.3, 0.4) is 0 Å². The Morgan fingerprint density at radius 1 is 0.848 bits per heavy atom. The van der Waals surface area contributed by atoms with Crippen molar-refractivity contribution >= 4 is 5.97 Å². The van der Waals surface area contributed by atoms with E-state index in [4.69, 9.17) is 9.47 Å². The third-order valence-electron chi connectivity index (χ3n) is 15.3. The lowest BCUT2D eigenvalue weighted by molar-refractivity contribution is -0.298. The summed E-state index contributed by atoms with van der Waals surface area (Å²) in [7, 11) is 0. The zero-order valence-corrected chi connectivity index (χ0v) is 28.6. The molecule has 1 heterocycles. The molecule has 7 N–H and O–H groups in total. The first kappa shape index (κ1) is 34.7. The molecule has 6 rings (SSSR count). The van der Waals surface area contributed by atoms with Gasteiger partial charge in [0.05, 0.1) is 30.3 Å². The molecule has 0 aromatic rings. The van der Waals surface area contributed by atoms with Crippen molar-refractivity contribution < 1.29 is 50.0 Å². The number of hydrogen-bond donors (Lipinski definition) is 7. The largest absolute Gasteiger partial charge is 0.432 e. The summed E-state index contributed by atoms with van der Waals surface area (Å²) < 4.78 is 11.4. The van der Waals surface area contributed by atoms with Crippen LogP contribution < -0.4 is 0 Å². The van der Waals surface area contributed by atoms with Crippen LogP contribution in [0.25, 0.3) is 0 Å². The van der Waals surface area contributed by atoms with Crippen molar-refractivity contribution in [2.24, 2.45) is 50.2 Å². The molecule has 5 fully saturated rings. The quantitative estimate of drug-likeness (QED) is 0.177. The lowest BCUT2D eigenvalue weighted by Crippen LogP contribution is -2.68. The van der Waals surface area contributed by atoms with E-state index in [1.54, 1.807) is 0 Å². The van der Waals surface area contributed by atoms with Gasteiger partial charge in [0.25, 0.3) is 0 Å². The van der Waals surface area contributed by atoms with Gasteiger partial charge in [0.2, 0.25) is 6.29 Å². The van der Waals surface area contributed by atoms with Crippen LogP contribution in [0.15, 0.2) is 11.6 Å². The summed E-state index contributed by atoms with van der Waals surface area (Å²) in [5.74, 6) is -0.666. The maximum atomic E-state index is 14.4. The second-order valence-electron chi connectivity index (χ2n) is 18.0. The highest BCUT2D eigenvalue weighted by Crippen LogP contribution is 2.75. The van der Waals surface area contributed by atoms with E-state index in [2.05, 4.69) is 40.7 Å². The highest BCUT2D eigenvalue weighted by atomic mass is 16.7. The average Bonchev–Trinajstić information content (AvgIpc) is 2.98. The molecule has 0 unspecified atom stereocenters. The van der Waals surface area contributed by atoms with Gasteiger partial charge >= 0.3 is 5.97 Å². The monoisotopic (exact) mass is 650 g/mol. The molecule has 10 nitrogen and oxygen atoms in total. The summed E-state index contributed by atoms with van der Waals surface area (Å²) in [5, 5.41) is 75.3. The molecule has 0 aromatic carbocycles. The lowest BCUT2D eigenvalue weighted by Gasteiger charge is -2.71. The molecular weight excluding hydrogens is 592 g/mol. The van der Waals surface area contributed by atoms with E-state index in [9.17, 15) is 40.5 Å². The number of fused-ring (bicyclic) bond motifs is 7. The predicted octanol–water partition coefficient (Wildman–Crippen LogP) is 2.43. The Bertz CT molecular complexity index is 1250. The zero-order chi connectivity index (χ0) is 34.0. The first-order valence-electron chi connectivity index (χ1n) is 17.5. The summed E-state index contributed by atoms with van der Waals surface area (Å²) in [5.41, 5.74) is -1.64. The van der Waals surface area contributed by atoms with Crippen LogP contribution in [0.2, 0.25) is 0 Å². The molecule has 0 spiro atoms. The van der Waals surface area contributed by atoms with Crippen molar-refractivity contribution in [3.05, 3.63) is 11.6 Å². The fourth-order valence-electron chi connectivity index (χ4n) is 12.1. The number of aliphatic hydroxyl groups excluding tert-OH is 7.